The fourth-order valence-electron chi connectivity index (χ4n) is 3.56. The number of hydrogen-bond donors (Lipinski definition) is 1. The van der Waals surface area contributed by atoms with E-state index < -0.39 is 10.0 Å². The fraction of sp³-hybridized carbons (Fsp3) is 0.318. The predicted octanol–water partition coefficient (Wildman–Crippen LogP) is 3.56. The number of benzene rings is 2. The lowest BCUT2D eigenvalue weighted by atomic mass is 10.2. The topological polar surface area (TPSA) is 97.2 Å². The van der Waals surface area contributed by atoms with Crippen LogP contribution in [-0.2, 0) is 27.8 Å². The molecule has 0 fully saturated rings. The first-order valence-electron chi connectivity index (χ1n) is 10.4. The van der Waals surface area contributed by atoms with Crippen LogP contribution in [0.25, 0.3) is 0 Å². The van der Waals surface area contributed by atoms with E-state index in [1.165, 1.54) is 41.7 Å². The van der Waals surface area contributed by atoms with Gasteiger partial charge >= 0.3 is 0 Å². The molecule has 168 valence electrons. The van der Waals surface area contributed by atoms with Gasteiger partial charge in [0.2, 0.25) is 5.91 Å². The highest BCUT2D eigenvalue weighted by molar-refractivity contribution is 7.99. The third kappa shape index (κ3) is 4.97. The first-order valence-corrected chi connectivity index (χ1v) is 12.9. The number of rotatable bonds is 7. The number of nitrogens with one attached hydrogen (secondary N) is 1. The van der Waals surface area contributed by atoms with Gasteiger partial charge in [-0.15, -0.1) is 10.2 Å². The van der Waals surface area contributed by atoms with Gasteiger partial charge < -0.3 is 9.88 Å². The molecule has 0 unspecified atom stereocenters. The minimum absolute atomic E-state index is 0.108. The first-order chi connectivity index (χ1) is 15.4. The number of fused-ring (bicyclic) bond motifs is 1. The Hall–Kier alpha value is -2.85. The van der Waals surface area contributed by atoms with Crippen molar-refractivity contribution in [1.82, 2.24) is 14.8 Å². The highest BCUT2D eigenvalue weighted by Crippen LogP contribution is 2.25. The molecule has 1 aliphatic rings. The van der Waals surface area contributed by atoms with Gasteiger partial charge in [0.05, 0.1) is 16.3 Å². The number of aromatic nitrogens is 3. The second-order valence-corrected chi connectivity index (χ2v) is 10.4. The van der Waals surface area contributed by atoms with Crippen molar-refractivity contribution in [2.45, 2.75) is 42.3 Å². The molecule has 0 spiro atoms. The lowest BCUT2D eigenvalue weighted by Crippen LogP contribution is -2.26. The summed E-state index contributed by atoms with van der Waals surface area (Å²) in [5, 5.41) is 12.0. The summed E-state index contributed by atoms with van der Waals surface area (Å²) in [5.74, 6) is 0.914. The number of aryl methyl sites for hydroxylation is 1. The van der Waals surface area contributed by atoms with Crippen LogP contribution in [-0.4, -0.2) is 41.9 Å². The lowest BCUT2D eigenvalue weighted by molar-refractivity contribution is -0.113. The van der Waals surface area contributed by atoms with E-state index in [-0.39, 0.29) is 16.6 Å². The Bertz CT molecular complexity index is 1200. The largest absolute Gasteiger partial charge is 0.325 e. The molecule has 32 heavy (non-hydrogen) atoms. The van der Waals surface area contributed by atoms with E-state index in [9.17, 15) is 13.2 Å². The third-order valence-electron chi connectivity index (χ3n) is 5.30. The number of hydrogen-bond acceptors (Lipinski definition) is 6. The minimum Gasteiger partial charge on any atom is -0.325 e. The molecule has 0 radical (unpaired) electrons. The van der Waals surface area contributed by atoms with Crippen molar-refractivity contribution >= 4 is 39.1 Å². The van der Waals surface area contributed by atoms with E-state index in [1.54, 1.807) is 36.4 Å². The second-order valence-electron chi connectivity index (χ2n) is 7.53. The van der Waals surface area contributed by atoms with Crippen LogP contribution in [0.5, 0.6) is 0 Å². The van der Waals surface area contributed by atoms with Crippen molar-refractivity contribution < 1.29 is 13.2 Å². The molecular formula is C22H25N5O3S2. The highest BCUT2D eigenvalue weighted by atomic mass is 32.2. The van der Waals surface area contributed by atoms with E-state index in [1.807, 2.05) is 6.07 Å². The fourth-order valence-corrected chi connectivity index (χ4v) is 5.59. The third-order valence-corrected chi connectivity index (χ3v) is 8.05. The van der Waals surface area contributed by atoms with Gasteiger partial charge in [0.15, 0.2) is 5.16 Å². The average molecular weight is 472 g/mol. The Morgan fingerprint density at radius 1 is 1.09 bits per heavy atom. The summed E-state index contributed by atoms with van der Waals surface area (Å²) in [6, 6.07) is 15.1. The van der Waals surface area contributed by atoms with Crippen molar-refractivity contribution in [1.29, 1.82) is 0 Å². The van der Waals surface area contributed by atoms with E-state index in [4.69, 9.17) is 0 Å². The van der Waals surface area contributed by atoms with Crippen LogP contribution in [0.1, 0.15) is 25.1 Å². The van der Waals surface area contributed by atoms with Crippen LogP contribution in [0.4, 0.5) is 11.4 Å². The van der Waals surface area contributed by atoms with Crippen LogP contribution in [0.3, 0.4) is 0 Å². The Balaban J connectivity index is 1.42. The zero-order chi connectivity index (χ0) is 22.6. The number of amides is 1. The second kappa shape index (κ2) is 9.74. The number of carbonyl (C=O) groups is 1. The molecule has 0 saturated heterocycles. The zero-order valence-corrected chi connectivity index (χ0v) is 19.4. The normalized spacial score (nSPS) is 13.8. The van der Waals surface area contributed by atoms with Gasteiger partial charge in [0.25, 0.3) is 10.0 Å². The van der Waals surface area contributed by atoms with Crippen LogP contribution in [0, 0.1) is 0 Å². The van der Waals surface area contributed by atoms with Gasteiger partial charge in [-0.2, -0.15) is 0 Å². The maximum Gasteiger partial charge on any atom is 0.264 e. The van der Waals surface area contributed by atoms with Crippen molar-refractivity contribution in [3.8, 4) is 0 Å². The molecule has 0 bridgehead atoms. The Morgan fingerprint density at radius 3 is 2.72 bits per heavy atom. The molecule has 0 saturated carbocycles. The smallest absolute Gasteiger partial charge is 0.264 e. The van der Waals surface area contributed by atoms with Crippen molar-refractivity contribution in [2.24, 2.45) is 0 Å². The van der Waals surface area contributed by atoms with Gasteiger partial charge in [-0.05, 0) is 43.2 Å². The van der Waals surface area contributed by atoms with Crippen LogP contribution < -0.4 is 9.62 Å². The molecule has 10 heteroatoms. The number of thioether (sulfide) groups is 1. The first kappa shape index (κ1) is 22.3. The van der Waals surface area contributed by atoms with Gasteiger partial charge in [0.1, 0.15) is 5.82 Å². The highest BCUT2D eigenvalue weighted by Gasteiger charge is 2.22. The van der Waals surface area contributed by atoms with Crippen LogP contribution in [0.2, 0.25) is 0 Å². The zero-order valence-electron chi connectivity index (χ0n) is 17.8. The minimum atomic E-state index is -3.76. The van der Waals surface area contributed by atoms with Gasteiger partial charge in [0, 0.05) is 25.7 Å². The monoisotopic (exact) mass is 471 g/mol. The van der Waals surface area contributed by atoms with Gasteiger partial charge in [-0.1, -0.05) is 42.4 Å². The lowest BCUT2D eigenvalue weighted by Gasteiger charge is -2.19. The van der Waals surface area contributed by atoms with E-state index in [0.29, 0.717) is 11.4 Å². The number of nitrogens with zero attached hydrogens (tertiary/aromatic N) is 4. The van der Waals surface area contributed by atoms with E-state index in [0.717, 1.165) is 36.8 Å². The molecule has 3 aromatic rings. The predicted molar refractivity (Wildman–Crippen MR) is 125 cm³/mol. The SMILES string of the molecule is CN(c1ccccc1)S(=O)(=O)c1cccc(NC(=O)CSc2nnc3n2CCCCC3)c1. The molecule has 4 rings (SSSR count). The maximum absolute atomic E-state index is 13.0. The number of carbonyl (C=O) groups excluding carboxylic acids is 1. The van der Waals surface area contributed by atoms with Gasteiger partial charge in [-0.25, -0.2) is 8.42 Å². The van der Waals surface area contributed by atoms with Gasteiger partial charge in [-0.3, -0.25) is 9.10 Å². The molecule has 2 heterocycles. The summed E-state index contributed by atoms with van der Waals surface area (Å²) in [6.07, 6.45) is 4.29. The average Bonchev–Trinajstić information content (AvgIpc) is 3.03. The number of sulfonamides is 1. The molecule has 0 atom stereocenters. The summed E-state index contributed by atoms with van der Waals surface area (Å²) >= 11 is 1.34. The molecule has 1 N–H and O–H groups in total. The summed E-state index contributed by atoms with van der Waals surface area (Å²) < 4.78 is 29.3. The molecular weight excluding hydrogens is 446 g/mol. The summed E-state index contributed by atoms with van der Waals surface area (Å²) in [5.41, 5.74) is 0.990. The number of anilines is 2. The van der Waals surface area contributed by atoms with E-state index >= 15 is 0 Å². The standard InChI is InChI=1S/C22H25N5O3S2/c1-26(18-10-4-2-5-11-18)32(29,30)19-12-8-9-17(15-19)23-21(28)16-31-22-25-24-20-13-6-3-7-14-27(20)22/h2,4-5,8-12,15H,3,6-7,13-14,16H2,1H3,(H,23,28). The molecule has 1 aromatic heterocycles. The maximum atomic E-state index is 13.0. The quantitative estimate of drug-likeness (QED) is 0.529. The van der Waals surface area contributed by atoms with E-state index in [2.05, 4.69) is 20.1 Å². The molecule has 8 nitrogen and oxygen atoms in total. The summed E-state index contributed by atoms with van der Waals surface area (Å²) in [7, 11) is -2.25. The van der Waals surface area contributed by atoms with Crippen LogP contribution in [0.15, 0.2) is 64.6 Å². The summed E-state index contributed by atoms with van der Waals surface area (Å²) in [6.45, 7) is 0.876. The molecule has 1 aliphatic heterocycles. The Labute approximate surface area is 192 Å². The van der Waals surface area contributed by atoms with Crippen molar-refractivity contribution in [3.05, 3.63) is 60.4 Å². The molecule has 2 aromatic carbocycles. The molecule has 1 amide bonds. The van der Waals surface area contributed by atoms with Crippen molar-refractivity contribution in [3.63, 3.8) is 0 Å². The molecule has 0 aliphatic carbocycles. The Kier molecular flexibility index (Phi) is 6.80. The number of para-hydroxylation sites is 1. The van der Waals surface area contributed by atoms with Crippen LogP contribution >= 0.6 is 11.8 Å². The van der Waals surface area contributed by atoms with Crippen molar-refractivity contribution in [2.75, 3.05) is 22.4 Å². The summed E-state index contributed by atoms with van der Waals surface area (Å²) in [4.78, 5) is 12.6. The Morgan fingerprint density at radius 2 is 1.91 bits per heavy atom.